The fourth-order valence-electron chi connectivity index (χ4n) is 5.45. The van der Waals surface area contributed by atoms with E-state index in [0.717, 1.165) is 21.8 Å². The molecule has 13 nitrogen and oxygen atoms in total. The van der Waals surface area contributed by atoms with E-state index in [1.165, 1.54) is 17.0 Å². The molecule has 0 bridgehead atoms. The van der Waals surface area contributed by atoms with Gasteiger partial charge in [0, 0.05) is 24.3 Å². The molecule has 0 radical (unpaired) electrons. The van der Waals surface area contributed by atoms with E-state index in [1.807, 2.05) is 0 Å². The molecule has 0 aliphatic carbocycles. The molecule has 2 aliphatic rings. The summed E-state index contributed by atoms with van der Waals surface area (Å²) in [4.78, 5) is 68.4. The number of cyclic esters (lactones) is 1. The quantitative estimate of drug-likeness (QED) is 0.209. The second-order valence-corrected chi connectivity index (χ2v) is 13.1. The van der Waals surface area contributed by atoms with Gasteiger partial charge >= 0.3 is 6.09 Å². The standard InChI is InChI=1S/C33H36ClN5O8S.ClH/c34-28-13-12-27(48-28)32(44)39(29(41)3-1-2-14-36-26(31(35)43)17-21-4-10-24(40)11-5-21)19-25-18-38(33(45)47-25)23-8-6-22(7-9-23)37-15-16-46-20-30(37)42;/h4-13,25-26,36,40H,1-3,14-20H2,(H2,35,43);1H/t25-,26+;/m1./s1. The van der Waals surface area contributed by atoms with E-state index in [1.54, 1.807) is 53.4 Å². The minimum Gasteiger partial charge on any atom is -0.508 e. The van der Waals surface area contributed by atoms with Gasteiger partial charge in [-0.15, -0.1) is 23.7 Å². The van der Waals surface area contributed by atoms with Crippen molar-refractivity contribution in [2.24, 2.45) is 5.73 Å². The average molecular weight is 735 g/mol. The number of morpholine rings is 1. The number of ether oxygens (including phenoxy) is 2. The number of thiophene rings is 1. The molecular formula is C33H37Cl2N5O8S. The molecule has 0 unspecified atom stereocenters. The number of unbranched alkanes of at least 4 members (excludes halogenated alkanes) is 1. The molecule has 5 rings (SSSR count). The molecule has 0 spiro atoms. The first-order valence-electron chi connectivity index (χ1n) is 15.5. The second-order valence-electron chi connectivity index (χ2n) is 11.4. The van der Waals surface area contributed by atoms with E-state index in [4.69, 9.17) is 26.8 Å². The number of imide groups is 1. The Morgan fingerprint density at radius 2 is 1.71 bits per heavy atom. The van der Waals surface area contributed by atoms with Crippen LogP contribution in [0.4, 0.5) is 16.2 Å². The Morgan fingerprint density at radius 3 is 2.35 bits per heavy atom. The van der Waals surface area contributed by atoms with E-state index >= 15 is 0 Å². The molecular weight excluding hydrogens is 697 g/mol. The van der Waals surface area contributed by atoms with Crippen molar-refractivity contribution in [3.05, 3.63) is 75.4 Å². The van der Waals surface area contributed by atoms with Crippen LogP contribution in [0.5, 0.6) is 5.75 Å². The Morgan fingerprint density at radius 1 is 1.02 bits per heavy atom. The highest BCUT2D eigenvalue weighted by atomic mass is 35.5. The maximum Gasteiger partial charge on any atom is 0.414 e. The number of hydrogen-bond donors (Lipinski definition) is 3. The van der Waals surface area contributed by atoms with E-state index in [9.17, 15) is 29.1 Å². The summed E-state index contributed by atoms with van der Waals surface area (Å²) in [7, 11) is 0. The predicted octanol–water partition coefficient (Wildman–Crippen LogP) is 3.74. The molecule has 262 valence electrons. The minimum absolute atomic E-state index is 0. The highest BCUT2D eigenvalue weighted by molar-refractivity contribution is 7.18. The summed E-state index contributed by atoms with van der Waals surface area (Å²) in [6, 6.07) is 15.9. The summed E-state index contributed by atoms with van der Waals surface area (Å²) in [6.45, 7) is 1.25. The number of phenolic OH excluding ortho intramolecular Hbond substituents is 1. The molecule has 0 saturated carbocycles. The molecule has 5 amide bonds. The Labute approximate surface area is 298 Å². The fraction of sp³-hybridized carbons (Fsp3) is 0.364. The van der Waals surface area contributed by atoms with Crippen LogP contribution in [0.15, 0.2) is 60.7 Å². The van der Waals surface area contributed by atoms with Crippen molar-refractivity contribution in [3.63, 3.8) is 0 Å². The summed E-state index contributed by atoms with van der Waals surface area (Å²) < 4.78 is 11.2. The number of nitrogens with zero attached hydrogens (tertiary/aromatic N) is 3. The van der Waals surface area contributed by atoms with Crippen LogP contribution in [0.2, 0.25) is 4.34 Å². The van der Waals surface area contributed by atoms with Crippen LogP contribution in [0.1, 0.15) is 34.5 Å². The van der Waals surface area contributed by atoms with Crippen LogP contribution in [-0.2, 0) is 30.3 Å². The van der Waals surface area contributed by atoms with E-state index in [2.05, 4.69) is 5.32 Å². The van der Waals surface area contributed by atoms with Crippen LogP contribution in [0.25, 0.3) is 0 Å². The number of carbonyl (C=O) groups excluding carboxylic acids is 5. The SMILES string of the molecule is Cl.NC(=O)[C@H](Cc1ccc(O)cc1)NCCCCC(=O)N(C[C@H]1CN(c2ccc(N3CCOCC3=O)cc2)C(=O)O1)C(=O)c1ccc(Cl)s1. The van der Waals surface area contributed by atoms with Crippen LogP contribution in [0, 0.1) is 0 Å². The number of carbonyl (C=O) groups is 5. The Kier molecular flexibility index (Phi) is 13.4. The average Bonchev–Trinajstić information content (AvgIpc) is 3.68. The maximum absolute atomic E-state index is 13.5. The third-order valence-electron chi connectivity index (χ3n) is 7.98. The van der Waals surface area contributed by atoms with Crippen molar-refractivity contribution in [3.8, 4) is 5.75 Å². The molecule has 16 heteroatoms. The molecule has 2 atom stereocenters. The van der Waals surface area contributed by atoms with Crippen molar-refractivity contribution >= 4 is 76.4 Å². The van der Waals surface area contributed by atoms with Crippen molar-refractivity contribution in [2.45, 2.75) is 37.8 Å². The number of phenols is 1. The molecule has 2 saturated heterocycles. The number of rotatable bonds is 14. The van der Waals surface area contributed by atoms with Crippen molar-refractivity contribution in [2.75, 3.05) is 49.2 Å². The minimum atomic E-state index is -0.778. The van der Waals surface area contributed by atoms with Gasteiger partial charge < -0.3 is 30.5 Å². The van der Waals surface area contributed by atoms with Crippen molar-refractivity contribution < 1.29 is 38.6 Å². The molecule has 2 aliphatic heterocycles. The van der Waals surface area contributed by atoms with Gasteiger partial charge in [-0.3, -0.25) is 29.0 Å². The zero-order valence-corrected chi connectivity index (χ0v) is 28.8. The predicted molar refractivity (Wildman–Crippen MR) is 186 cm³/mol. The van der Waals surface area contributed by atoms with E-state index < -0.39 is 36.0 Å². The third kappa shape index (κ3) is 9.92. The lowest BCUT2D eigenvalue weighted by atomic mass is 10.0. The summed E-state index contributed by atoms with van der Waals surface area (Å²) >= 11 is 7.12. The normalized spacial score (nSPS) is 16.6. The van der Waals surface area contributed by atoms with Crippen LogP contribution >= 0.6 is 35.3 Å². The first-order chi connectivity index (χ1) is 23.1. The number of amides is 5. The topological polar surface area (TPSA) is 172 Å². The van der Waals surface area contributed by atoms with Gasteiger partial charge in [-0.2, -0.15) is 0 Å². The lowest BCUT2D eigenvalue weighted by molar-refractivity contribution is -0.129. The third-order valence-corrected chi connectivity index (χ3v) is 9.20. The molecule has 3 aromatic rings. The maximum atomic E-state index is 13.5. The summed E-state index contributed by atoms with van der Waals surface area (Å²) in [5, 5.41) is 12.6. The Balaban J connectivity index is 0.00000541. The van der Waals surface area contributed by atoms with Gasteiger partial charge in [0.1, 0.15) is 18.5 Å². The molecule has 3 heterocycles. The number of anilines is 2. The highest BCUT2D eigenvalue weighted by Gasteiger charge is 2.36. The Bertz CT molecular complexity index is 1640. The van der Waals surface area contributed by atoms with Gasteiger partial charge in [0.25, 0.3) is 11.8 Å². The largest absolute Gasteiger partial charge is 0.508 e. The van der Waals surface area contributed by atoms with Gasteiger partial charge in [0.15, 0.2) is 0 Å². The number of hydrogen-bond acceptors (Lipinski definition) is 10. The van der Waals surface area contributed by atoms with Gasteiger partial charge in [0.2, 0.25) is 11.8 Å². The number of halogens is 2. The first-order valence-corrected chi connectivity index (χ1v) is 16.7. The lowest BCUT2D eigenvalue weighted by Crippen LogP contribution is -2.43. The van der Waals surface area contributed by atoms with Crippen molar-refractivity contribution in [1.82, 2.24) is 10.2 Å². The number of primary amides is 1. The summed E-state index contributed by atoms with van der Waals surface area (Å²) in [5.74, 6) is -1.51. The van der Waals surface area contributed by atoms with E-state index in [-0.39, 0.29) is 55.1 Å². The number of benzene rings is 2. The molecule has 49 heavy (non-hydrogen) atoms. The zero-order valence-electron chi connectivity index (χ0n) is 26.4. The molecule has 4 N–H and O–H groups in total. The molecule has 2 fully saturated rings. The smallest absolute Gasteiger partial charge is 0.414 e. The van der Waals surface area contributed by atoms with Gasteiger partial charge in [-0.05, 0) is 79.9 Å². The highest BCUT2D eigenvalue weighted by Crippen LogP contribution is 2.28. The number of aromatic hydroxyl groups is 1. The van der Waals surface area contributed by atoms with Gasteiger partial charge in [-0.1, -0.05) is 23.7 Å². The van der Waals surface area contributed by atoms with Crippen LogP contribution in [0.3, 0.4) is 0 Å². The van der Waals surface area contributed by atoms with Gasteiger partial charge in [0.05, 0.1) is 35.0 Å². The summed E-state index contributed by atoms with van der Waals surface area (Å²) in [6.07, 6.45) is -0.0702. The molecule has 2 aromatic carbocycles. The second kappa shape index (κ2) is 17.4. The Hall–Kier alpha value is -4.21. The number of nitrogens with two attached hydrogens (primary N) is 1. The lowest BCUT2D eigenvalue weighted by Gasteiger charge is -2.27. The van der Waals surface area contributed by atoms with E-state index in [0.29, 0.717) is 54.7 Å². The van der Waals surface area contributed by atoms with Gasteiger partial charge in [-0.25, -0.2) is 4.79 Å². The fourth-order valence-corrected chi connectivity index (χ4v) is 6.44. The van der Waals surface area contributed by atoms with Crippen molar-refractivity contribution in [1.29, 1.82) is 0 Å². The first kappa shape index (κ1) is 37.6. The summed E-state index contributed by atoms with van der Waals surface area (Å²) in [5.41, 5.74) is 7.63. The number of nitrogens with one attached hydrogen (secondary N) is 1. The molecule has 1 aromatic heterocycles. The monoisotopic (exact) mass is 733 g/mol. The zero-order chi connectivity index (χ0) is 34.2. The van der Waals surface area contributed by atoms with Crippen LogP contribution < -0.4 is 20.9 Å². The van der Waals surface area contributed by atoms with Crippen LogP contribution in [-0.4, -0.2) is 91.3 Å².